The molecule has 1 N–H and O–H groups in total. The average molecular weight is 271 g/mol. The minimum atomic E-state index is -1.23. The molecule has 0 radical (unpaired) electrons. The number of hydroxylamine groups is 2. The molecule has 0 saturated heterocycles. The number of carbonyl (C=O) groups is 3. The number of hydrogen-bond acceptors (Lipinski definition) is 6. The molecule has 1 rings (SSSR count). The molecule has 0 aromatic heterocycles. The summed E-state index contributed by atoms with van der Waals surface area (Å²) in [4.78, 5) is 40.1. The van der Waals surface area contributed by atoms with E-state index in [-0.39, 0.29) is 11.4 Å². The lowest BCUT2D eigenvalue weighted by Gasteiger charge is -2.25. The number of aliphatic hydroxyl groups is 1. The van der Waals surface area contributed by atoms with Gasteiger partial charge in [0.25, 0.3) is 5.91 Å². The first kappa shape index (κ1) is 15.3. The number of Topliss-reactive ketones (excluding diaryl/α,β-unsaturated/α-hetero) is 1. The monoisotopic (exact) mass is 271 g/mol. The van der Waals surface area contributed by atoms with Crippen LogP contribution in [0.15, 0.2) is 11.6 Å². The van der Waals surface area contributed by atoms with Crippen molar-refractivity contribution in [3.8, 4) is 0 Å². The molecule has 3 atom stereocenters. The fraction of sp³-hybridized carbons (Fsp3) is 0.583. The topological polar surface area (TPSA) is 93.1 Å². The molecule has 7 heteroatoms. The first-order valence-corrected chi connectivity index (χ1v) is 5.65. The van der Waals surface area contributed by atoms with E-state index in [4.69, 9.17) is 4.84 Å². The van der Waals surface area contributed by atoms with Crippen molar-refractivity contribution >= 4 is 17.7 Å². The number of ketones is 1. The van der Waals surface area contributed by atoms with Gasteiger partial charge in [0.2, 0.25) is 0 Å². The van der Waals surface area contributed by atoms with Gasteiger partial charge in [-0.1, -0.05) is 0 Å². The summed E-state index contributed by atoms with van der Waals surface area (Å²) < 4.78 is 4.60. The minimum Gasteiger partial charge on any atom is -0.469 e. The Morgan fingerprint density at radius 1 is 1.32 bits per heavy atom. The highest BCUT2D eigenvalue weighted by molar-refractivity contribution is 6.02. The SMILES string of the molecule is COC(=O)[C@H]1C(C(C)=O)=CC(O)[C@H]1C(=O)N(C)OC. The van der Waals surface area contributed by atoms with Gasteiger partial charge in [-0.2, -0.15) is 0 Å². The van der Waals surface area contributed by atoms with E-state index >= 15 is 0 Å². The molecule has 1 unspecified atom stereocenters. The molecular weight excluding hydrogens is 254 g/mol. The molecule has 0 heterocycles. The van der Waals surface area contributed by atoms with Gasteiger partial charge in [0.1, 0.15) is 0 Å². The van der Waals surface area contributed by atoms with Gasteiger partial charge in [-0.25, -0.2) is 5.06 Å². The quantitative estimate of drug-likeness (QED) is 0.537. The molecular formula is C12H17NO6. The van der Waals surface area contributed by atoms with Crippen LogP contribution in [0.2, 0.25) is 0 Å². The Hall–Kier alpha value is -1.73. The Labute approximate surface area is 110 Å². The summed E-state index contributed by atoms with van der Waals surface area (Å²) in [6, 6.07) is 0. The third-order valence-electron chi connectivity index (χ3n) is 3.14. The highest BCUT2D eigenvalue weighted by atomic mass is 16.7. The Balaban J connectivity index is 3.13. The smallest absolute Gasteiger partial charge is 0.314 e. The molecule has 0 spiro atoms. The molecule has 0 aliphatic heterocycles. The summed E-state index contributed by atoms with van der Waals surface area (Å²) in [5.74, 6) is -3.94. The van der Waals surface area contributed by atoms with Gasteiger partial charge in [0.05, 0.1) is 32.2 Å². The van der Waals surface area contributed by atoms with Crippen LogP contribution < -0.4 is 0 Å². The van der Waals surface area contributed by atoms with Gasteiger partial charge in [-0.3, -0.25) is 19.2 Å². The van der Waals surface area contributed by atoms with E-state index in [1.807, 2.05) is 0 Å². The Morgan fingerprint density at radius 3 is 2.32 bits per heavy atom. The maximum Gasteiger partial charge on any atom is 0.314 e. The van der Waals surface area contributed by atoms with E-state index in [1.165, 1.54) is 27.2 Å². The maximum absolute atomic E-state index is 12.1. The number of amides is 1. The van der Waals surface area contributed by atoms with Crippen molar-refractivity contribution in [1.82, 2.24) is 5.06 Å². The van der Waals surface area contributed by atoms with Crippen LogP contribution in [0.4, 0.5) is 0 Å². The van der Waals surface area contributed by atoms with E-state index in [1.54, 1.807) is 0 Å². The predicted octanol–water partition coefficient (Wildman–Crippen LogP) is -0.698. The van der Waals surface area contributed by atoms with Crippen molar-refractivity contribution in [1.29, 1.82) is 0 Å². The zero-order valence-corrected chi connectivity index (χ0v) is 11.2. The van der Waals surface area contributed by atoms with Gasteiger partial charge in [-0.15, -0.1) is 0 Å². The summed E-state index contributed by atoms with van der Waals surface area (Å²) in [7, 11) is 3.80. The van der Waals surface area contributed by atoms with Gasteiger partial charge in [0, 0.05) is 12.6 Å². The number of carbonyl (C=O) groups excluding carboxylic acids is 3. The van der Waals surface area contributed by atoms with Gasteiger partial charge >= 0.3 is 5.97 Å². The minimum absolute atomic E-state index is 0.0854. The first-order valence-electron chi connectivity index (χ1n) is 5.65. The molecule has 1 aliphatic rings. The van der Waals surface area contributed by atoms with Crippen LogP contribution >= 0.6 is 0 Å². The molecule has 7 nitrogen and oxygen atoms in total. The van der Waals surface area contributed by atoms with Crippen LogP contribution in [0.5, 0.6) is 0 Å². The van der Waals surface area contributed by atoms with Crippen molar-refractivity contribution in [3.05, 3.63) is 11.6 Å². The second kappa shape index (κ2) is 5.94. The third-order valence-corrected chi connectivity index (χ3v) is 3.14. The fourth-order valence-corrected chi connectivity index (χ4v) is 2.11. The van der Waals surface area contributed by atoms with Crippen LogP contribution in [0.25, 0.3) is 0 Å². The molecule has 1 amide bonds. The van der Waals surface area contributed by atoms with Crippen LogP contribution in [0.1, 0.15) is 6.92 Å². The van der Waals surface area contributed by atoms with E-state index in [0.717, 1.165) is 12.2 Å². The Bertz CT molecular complexity index is 430. The molecule has 106 valence electrons. The van der Waals surface area contributed by atoms with E-state index in [9.17, 15) is 19.5 Å². The van der Waals surface area contributed by atoms with Crippen molar-refractivity contribution < 1.29 is 29.1 Å². The summed E-state index contributed by atoms with van der Waals surface area (Å²) >= 11 is 0. The summed E-state index contributed by atoms with van der Waals surface area (Å²) in [5, 5.41) is 10.8. The summed E-state index contributed by atoms with van der Waals surface area (Å²) in [5.41, 5.74) is 0.0854. The van der Waals surface area contributed by atoms with E-state index in [0.29, 0.717) is 0 Å². The number of aliphatic hydroxyl groups excluding tert-OH is 1. The van der Waals surface area contributed by atoms with Gasteiger partial charge in [0.15, 0.2) is 5.78 Å². The molecule has 1 aliphatic carbocycles. The number of rotatable bonds is 4. The number of ether oxygens (including phenoxy) is 1. The largest absolute Gasteiger partial charge is 0.469 e. The van der Waals surface area contributed by atoms with Crippen LogP contribution in [-0.2, 0) is 24.0 Å². The standard InChI is InChI=1S/C12H17NO6/c1-6(14)7-5-8(15)10(9(7)12(17)18-3)11(16)13(2)19-4/h5,8-10,15H,1-4H3/t8?,9-,10+/m0/s1. The van der Waals surface area contributed by atoms with Crippen molar-refractivity contribution in [2.24, 2.45) is 11.8 Å². The zero-order chi connectivity index (χ0) is 14.7. The molecule has 0 aromatic rings. The number of methoxy groups -OCH3 is 1. The molecule has 0 aromatic carbocycles. The summed E-state index contributed by atoms with van der Waals surface area (Å²) in [6.45, 7) is 1.27. The van der Waals surface area contributed by atoms with Crippen molar-refractivity contribution in [2.75, 3.05) is 21.3 Å². The van der Waals surface area contributed by atoms with Crippen LogP contribution in [0.3, 0.4) is 0 Å². The number of esters is 1. The first-order chi connectivity index (χ1) is 8.84. The second-order valence-corrected chi connectivity index (χ2v) is 4.21. The third kappa shape index (κ3) is 2.82. The lowest BCUT2D eigenvalue weighted by Crippen LogP contribution is -2.42. The van der Waals surface area contributed by atoms with Crippen LogP contribution in [-0.4, -0.2) is 55.2 Å². The normalized spacial score (nSPS) is 25.7. The second-order valence-electron chi connectivity index (χ2n) is 4.21. The van der Waals surface area contributed by atoms with Gasteiger partial charge in [-0.05, 0) is 13.0 Å². The molecule has 0 bridgehead atoms. The average Bonchev–Trinajstić information content (AvgIpc) is 2.73. The van der Waals surface area contributed by atoms with Crippen LogP contribution in [0, 0.1) is 11.8 Å². The summed E-state index contributed by atoms with van der Waals surface area (Å²) in [6.07, 6.45) is -0.0104. The molecule has 0 fully saturated rings. The van der Waals surface area contributed by atoms with Crippen molar-refractivity contribution in [3.63, 3.8) is 0 Å². The van der Waals surface area contributed by atoms with E-state index < -0.39 is 29.8 Å². The zero-order valence-electron chi connectivity index (χ0n) is 11.2. The van der Waals surface area contributed by atoms with Gasteiger partial charge < -0.3 is 9.84 Å². The fourth-order valence-electron chi connectivity index (χ4n) is 2.11. The molecule has 0 saturated carbocycles. The molecule has 19 heavy (non-hydrogen) atoms. The number of hydrogen-bond donors (Lipinski definition) is 1. The van der Waals surface area contributed by atoms with E-state index in [2.05, 4.69) is 4.74 Å². The Morgan fingerprint density at radius 2 is 1.89 bits per heavy atom. The lowest BCUT2D eigenvalue weighted by atomic mass is 9.88. The maximum atomic E-state index is 12.1. The highest BCUT2D eigenvalue weighted by Gasteiger charge is 2.48. The number of nitrogens with zero attached hydrogens (tertiary/aromatic N) is 1. The lowest BCUT2D eigenvalue weighted by molar-refractivity contribution is -0.179. The van der Waals surface area contributed by atoms with Crippen molar-refractivity contribution in [2.45, 2.75) is 13.0 Å². The Kier molecular flexibility index (Phi) is 4.79. The highest BCUT2D eigenvalue weighted by Crippen LogP contribution is 2.35. The predicted molar refractivity (Wildman–Crippen MR) is 63.5 cm³/mol.